The van der Waals surface area contributed by atoms with E-state index in [-0.39, 0.29) is 56.0 Å². The van der Waals surface area contributed by atoms with Gasteiger partial charge in [-0.3, -0.25) is 14.4 Å². The van der Waals surface area contributed by atoms with Crippen LogP contribution >= 0.6 is 0 Å². The molecule has 4 saturated carbocycles. The number of methoxy groups -OCH3 is 3. The summed E-state index contributed by atoms with van der Waals surface area (Å²) in [5, 5.41) is 134. The Hall–Kier alpha value is -4.74. The second kappa shape index (κ2) is 28.0. The molecule has 5 aliphatic carbocycles. The summed E-state index contributed by atoms with van der Waals surface area (Å²) in [5.41, 5.74) is -5.22. The lowest BCUT2D eigenvalue weighted by Gasteiger charge is -2.71. The lowest BCUT2D eigenvalue weighted by molar-refractivity contribution is -0.380. The first-order valence-corrected chi connectivity index (χ1v) is 33.1. The Morgan fingerprint density at radius 1 is 0.625 bits per heavy atom. The second-order valence-electron chi connectivity index (χ2n) is 29.4. The third-order valence-electron chi connectivity index (χ3n) is 23.6. The van der Waals surface area contributed by atoms with Crippen molar-refractivity contribution in [1.29, 1.82) is 0 Å². The van der Waals surface area contributed by atoms with Crippen LogP contribution in [0.15, 0.2) is 29.9 Å². The lowest BCUT2D eigenvalue weighted by Crippen LogP contribution is -2.71. The molecule has 29 atom stereocenters. The topological polar surface area (TPSA) is 431 Å². The van der Waals surface area contributed by atoms with E-state index in [1.807, 2.05) is 6.92 Å². The van der Waals surface area contributed by atoms with Gasteiger partial charge in [0.15, 0.2) is 48.7 Å². The molecule has 12 N–H and O–H groups in total. The van der Waals surface area contributed by atoms with E-state index in [0.29, 0.717) is 31.2 Å². The fourth-order valence-corrected chi connectivity index (χ4v) is 18.3. The highest BCUT2D eigenvalue weighted by molar-refractivity contribution is 5.87. The molecule has 1 aromatic carbocycles. The molecule has 1 aromatic rings. The zero-order chi connectivity index (χ0) is 70.3. The summed E-state index contributed by atoms with van der Waals surface area (Å²) in [4.78, 5) is 56.8. The maximum absolute atomic E-state index is 16.2. The van der Waals surface area contributed by atoms with Gasteiger partial charge in [0.25, 0.3) is 0 Å². The number of aliphatic hydroxyl groups is 11. The first-order chi connectivity index (χ1) is 45.1. The highest BCUT2D eigenvalue weighted by Crippen LogP contribution is 2.76. The van der Waals surface area contributed by atoms with Crippen LogP contribution in [-0.2, 0) is 66.5 Å². The Morgan fingerprint density at radius 2 is 1.26 bits per heavy atom. The average molecular weight is 1370 g/mol. The summed E-state index contributed by atoms with van der Waals surface area (Å²) >= 11 is 0. The molecule has 10 rings (SSSR count). The molecule has 0 unspecified atom stereocenters. The summed E-state index contributed by atoms with van der Waals surface area (Å²) in [6.07, 6.45) is -28.5. The Balaban J connectivity index is 1.01. The van der Waals surface area contributed by atoms with Gasteiger partial charge in [-0.05, 0) is 136 Å². The van der Waals surface area contributed by atoms with E-state index >= 15 is 4.79 Å². The average Bonchev–Trinajstić information content (AvgIpc) is 0.666. The number of hydrogen-bond donors (Lipinski definition) is 12. The van der Waals surface area contributed by atoms with Crippen molar-refractivity contribution in [3.8, 4) is 17.2 Å². The molecular formula is C67H98O29. The van der Waals surface area contributed by atoms with Crippen LogP contribution in [0.5, 0.6) is 17.2 Å². The normalized spacial score (nSPS) is 46.0. The highest BCUT2D eigenvalue weighted by Gasteiger charge is 2.74. The van der Waals surface area contributed by atoms with Crippen LogP contribution in [0.4, 0.5) is 0 Å². The number of benzene rings is 1. The second-order valence-corrected chi connectivity index (χ2v) is 29.4. The van der Waals surface area contributed by atoms with Crippen molar-refractivity contribution < 1.29 is 142 Å². The van der Waals surface area contributed by atoms with Crippen molar-refractivity contribution in [2.24, 2.45) is 50.2 Å². The maximum Gasteiger partial charge on any atom is 0.331 e. The van der Waals surface area contributed by atoms with Gasteiger partial charge in [-0.25, -0.2) is 4.79 Å². The van der Waals surface area contributed by atoms with Crippen molar-refractivity contribution in [1.82, 2.24) is 0 Å². The molecule has 29 nitrogen and oxygen atoms in total. The lowest BCUT2D eigenvalue weighted by atomic mass is 9.33. The van der Waals surface area contributed by atoms with E-state index in [1.54, 1.807) is 12.1 Å². The van der Waals surface area contributed by atoms with Gasteiger partial charge in [0.2, 0.25) is 12.0 Å². The minimum atomic E-state index is -1.97. The summed E-state index contributed by atoms with van der Waals surface area (Å²) < 4.78 is 78.2. The van der Waals surface area contributed by atoms with Gasteiger partial charge in [0.1, 0.15) is 67.1 Å². The highest BCUT2D eigenvalue weighted by atomic mass is 16.8. The third kappa shape index (κ3) is 12.7. The van der Waals surface area contributed by atoms with Gasteiger partial charge >= 0.3 is 23.9 Å². The van der Waals surface area contributed by atoms with E-state index in [2.05, 4.69) is 26.8 Å². The zero-order valence-corrected chi connectivity index (χ0v) is 56.0. The SMILES string of the molecule is COc1cc(C=CC(=O)O[C@@H]2[C@H](O[C@@H]3OC[C@@H](O)[C@H](O)[C@H]3O)[C@@H](O[C@@H]3O[C@@H](C)[C@H](O)[C@@H](OC(C)=O)[C@H]3O)[C@H](OC(=O)[C@]34CCC(C)(C)C[C@H]3C3=CC[C@@H]5[C@@]6(C)C[C@H](O)[C@H](O[C@@H]7O[C@H](CO)[C@@H](O)[C@H](O)[C@H]7O)[C@@](C)(C(=O)O)[C@@H]6CC[C@@]5(C)[C@]3(CO)CC4)O[C@@H]2C)cc(OC)c1OC. The van der Waals surface area contributed by atoms with E-state index < -0.39 is 216 Å². The molecule has 0 spiro atoms. The number of ether oxygens (including phenoxy) is 13. The Kier molecular flexibility index (Phi) is 21.6. The summed E-state index contributed by atoms with van der Waals surface area (Å²) in [6, 6.07) is 3.14. The number of carboxylic acids is 1. The van der Waals surface area contributed by atoms with Crippen molar-refractivity contribution in [2.45, 2.75) is 242 Å². The number of aliphatic hydroxyl groups excluding tert-OH is 11. The van der Waals surface area contributed by atoms with E-state index in [9.17, 15) is 75.7 Å². The number of aliphatic carboxylic acids is 1. The number of fused-ring (bicyclic) bond motifs is 7. The smallest absolute Gasteiger partial charge is 0.331 e. The standard InChI is InChI=1S/C67H98O29/c1-29-43(74)52(90-31(3)70)49(80)58(88-29)94-54-53(93-56-47(78)44(75)36(72)27-87-56)50(92-42(73)15-12-32-22-37(84-9)51(86-11)38(23-32)85-10)30(2)89-59(54)96-61(83)66-19-18-62(4,5)24-34(66)33-13-14-40-63(6)25-35(71)55(95-57-48(79)46(77)45(76)39(26-68)91-57)65(8,60(81)82)41(63)16-17-64(40,7)67(33,28-69)21-20-66/h12-13,15,22-23,29-30,34-36,39-41,43-50,52-59,68-69,71-72,74-80H,14,16-21,24-28H2,1-11H3,(H,81,82)/t29-,30+,34-,35-,36+,39+,40+,41+,43-,44-,45+,46-,47+,48+,49+,50-,52+,53-,54+,55-,56-,57-,58-,59-,63+,64+,65-,66-,67-/m0/s1. The quantitative estimate of drug-likeness (QED) is 0.0313. The van der Waals surface area contributed by atoms with Crippen molar-refractivity contribution in [3.05, 3.63) is 35.4 Å². The molecule has 0 aromatic heterocycles. The number of carbonyl (C=O) groups is 4. The summed E-state index contributed by atoms with van der Waals surface area (Å²) in [6.45, 7) is 12.0. The van der Waals surface area contributed by atoms with Crippen LogP contribution in [0.3, 0.4) is 0 Å². The van der Waals surface area contributed by atoms with Gasteiger partial charge in [0, 0.05) is 18.4 Å². The van der Waals surface area contributed by atoms with Crippen LogP contribution in [-0.4, -0.2) is 255 Å². The maximum atomic E-state index is 16.2. The molecule has 8 fully saturated rings. The fourth-order valence-electron chi connectivity index (χ4n) is 18.3. The summed E-state index contributed by atoms with van der Waals surface area (Å²) in [5.74, 6) is -4.85. The molecule has 0 amide bonds. The van der Waals surface area contributed by atoms with E-state index in [0.717, 1.165) is 18.6 Å². The van der Waals surface area contributed by atoms with E-state index in [4.69, 9.17) is 61.6 Å². The number of carbonyl (C=O) groups excluding carboxylic acids is 3. The number of esters is 3. The van der Waals surface area contributed by atoms with E-state index in [1.165, 1.54) is 48.2 Å². The fraction of sp³-hybridized carbons (Fsp3) is 0.791. The van der Waals surface area contributed by atoms with Gasteiger partial charge in [-0.1, -0.05) is 39.3 Å². The molecule has 0 bridgehead atoms. The zero-order valence-electron chi connectivity index (χ0n) is 56.0. The Bertz CT molecular complexity index is 3020. The Morgan fingerprint density at radius 3 is 1.89 bits per heavy atom. The number of hydrogen-bond acceptors (Lipinski definition) is 28. The van der Waals surface area contributed by atoms with Gasteiger partial charge in [-0.15, -0.1) is 0 Å². The minimum Gasteiger partial charge on any atom is -0.493 e. The third-order valence-corrected chi connectivity index (χ3v) is 23.6. The van der Waals surface area contributed by atoms with Gasteiger partial charge in [0.05, 0.1) is 70.3 Å². The monoisotopic (exact) mass is 1370 g/mol. The van der Waals surface area contributed by atoms with Crippen LogP contribution in [0.1, 0.15) is 119 Å². The van der Waals surface area contributed by atoms with Crippen molar-refractivity contribution >= 4 is 30.0 Å². The molecular weight excluding hydrogens is 1270 g/mol. The van der Waals surface area contributed by atoms with Crippen LogP contribution in [0.2, 0.25) is 0 Å². The first-order valence-electron chi connectivity index (χ1n) is 33.1. The molecule has 0 radical (unpaired) electrons. The van der Waals surface area contributed by atoms with Gasteiger partial charge in [-0.2, -0.15) is 0 Å². The predicted octanol–water partition coefficient (Wildman–Crippen LogP) is 0.528. The predicted molar refractivity (Wildman–Crippen MR) is 327 cm³/mol. The van der Waals surface area contributed by atoms with Crippen LogP contribution in [0, 0.1) is 50.2 Å². The number of allylic oxidation sites excluding steroid dienone is 1. The van der Waals surface area contributed by atoms with Crippen LogP contribution in [0.25, 0.3) is 6.08 Å². The molecule has 540 valence electrons. The number of carboxylic acid groups (broad SMARTS) is 1. The van der Waals surface area contributed by atoms with Crippen molar-refractivity contribution in [3.63, 3.8) is 0 Å². The molecule has 4 aliphatic heterocycles. The largest absolute Gasteiger partial charge is 0.493 e. The molecule has 4 heterocycles. The number of rotatable bonds is 18. The molecule has 9 aliphatic rings. The molecule has 29 heteroatoms. The Labute approximate surface area is 556 Å². The minimum absolute atomic E-state index is 0.000973. The van der Waals surface area contributed by atoms with Crippen molar-refractivity contribution in [2.75, 3.05) is 41.2 Å². The molecule has 4 saturated heterocycles. The van der Waals surface area contributed by atoms with Gasteiger partial charge < -0.3 is 123 Å². The summed E-state index contributed by atoms with van der Waals surface area (Å²) in [7, 11) is 4.25. The first kappa shape index (κ1) is 74.0. The van der Waals surface area contributed by atoms with Crippen LogP contribution < -0.4 is 14.2 Å². The molecule has 96 heavy (non-hydrogen) atoms.